The molecule has 0 radical (unpaired) electrons. The second-order valence-electron chi connectivity index (χ2n) is 5.03. The number of carbonyl (C=O) groups is 1. The van der Waals surface area contributed by atoms with Crippen molar-refractivity contribution in [2.24, 2.45) is 0 Å². The van der Waals surface area contributed by atoms with E-state index in [0.717, 1.165) is 35.8 Å². The number of thioether (sulfide) groups is 1. The molecule has 1 heterocycles. The van der Waals surface area contributed by atoms with E-state index in [1.165, 1.54) is 0 Å². The quantitative estimate of drug-likeness (QED) is 0.763. The van der Waals surface area contributed by atoms with Crippen molar-refractivity contribution < 1.29 is 4.79 Å². The minimum Gasteiger partial charge on any atom is -0.370 e. The molecule has 0 aliphatic rings. The summed E-state index contributed by atoms with van der Waals surface area (Å²) < 4.78 is 0. The van der Waals surface area contributed by atoms with Gasteiger partial charge in [0.1, 0.15) is 5.82 Å². The monoisotopic (exact) mass is 315 g/mol. The first-order valence-corrected chi connectivity index (χ1v) is 8.65. The number of hydrogen-bond acceptors (Lipinski definition) is 4. The van der Waals surface area contributed by atoms with Crippen LogP contribution in [0.15, 0.2) is 42.6 Å². The summed E-state index contributed by atoms with van der Waals surface area (Å²) in [5, 5.41) is 6.11. The fourth-order valence-corrected chi connectivity index (χ4v) is 2.34. The Kier molecular flexibility index (Phi) is 6.27. The normalized spacial score (nSPS) is 10.3. The Morgan fingerprint density at radius 3 is 2.59 bits per heavy atom. The molecule has 0 saturated heterocycles. The van der Waals surface area contributed by atoms with Gasteiger partial charge in [0.15, 0.2) is 0 Å². The zero-order valence-electron chi connectivity index (χ0n) is 12.9. The van der Waals surface area contributed by atoms with Crippen LogP contribution < -0.4 is 10.6 Å². The van der Waals surface area contributed by atoms with Crippen LogP contribution in [0.25, 0.3) is 0 Å². The minimum absolute atomic E-state index is 0.148. The van der Waals surface area contributed by atoms with Crippen molar-refractivity contribution in [2.75, 3.05) is 29.2 Å². The smallest absolute Gasteiger partial charge is 0.257 e. The highest BCUT2D eigenvalue weighted by molar-refractivity contribution is 7.98. The van der Waals surface area contributed by atoms with Crippen molar-refractivity contribution in [3.8, 4) is 0 Å². The number of hydrogen-bond donors (Lipinski definition) is 2. The van der Waals surface area contributed by atoms with Crippen molar-refractivity contribution in [3.05, 3.63) is 53.7 Å². The summed E-state index contributed by atoms with van der Waals surface area (Å²) in [6, 6.07) is 11.3. The third-order valence-electron chi connectivity index (χ3n) is 3.17. The molecule has 0 saturated carbocycles. The van der Waals surface area contributed by atoms with Gasteiger partial charge in [-0.25, -0.2) is 4.98 Å². The average Bonchev–Trinajstić information content (AvgIpc) is 2.54. The predicted molar refractivity (Wildman–Crippen MR) is 94.9 cm³/mol. The van der Waals surface area contributed by atoms with Crippen molar-refractivity contribution in [1.82, 2.24) is 4.98 Å². The van der Waals surface area contributed by atoms with Crippen LogP contribution in [-0.4, -0.2) is 29.4 Å². The molecule has 0 fully saturated rings. The number of aryl methyl sites for hydroxylation is 1. The molecule has 0 bridgehead atoms. The van der Waals surface area contributed by atoms with Crippen molar-refractivity contribution in [1.29, 1.82) is 0 Å². The maximum atomic E-state index is 12.1. The van der Waals surface area contributed by atoms with E-state index in [4.69, 9.17) is 0 Å². The molecular formula is C17H21N3OS. The lowest BCUT2D eigenvalue weighted by atomic mass is 10.2. The largest absolute Gasteiger partial charge is 0.370 e. The fraction of sp³-hybridized carbons (Fsp3) is 0.294. The lowest BCUT2D eigenvalue weighted by molar-refractivity contribution is 0.102. The highest BCUT2D eigenvalue weighted by atomic mass is 32.2. The summed E-state index contributed by atoms with van der Waals surface area (Å²) in [5.74, 6) is 1.78. The Bertz CT molecular complexity index is 596. The molecule has 1 aromatic carbocycles. The molecule has 0 aliphatic carbocycles. The molecule has 1 aromatic heterocycles. The molecule has 4 nitrogen and oxygen atoms in total. The Labute approximate surface area is 135 Å². The lowest BCUT2D eigenvalue weighted by Gasteiger charge is -2.07. The van der Waals surface area contributed by atoms with Crippen molar-refractivity contribution >= 4 is 29.2 Å². The summed E-state index contributed by atoms with van der Waals surface area (Å²) in [7, 11) is 0. The van der Waals surface area contributed by atoms with E-state index < -0.39 is 0 Å². The minimum atomic E-state index is -0.148. The summed E-state index contributed by atoms with van der Waals surface area (Å²) in [4.78, 5) is 16.4. The van der Waals surface area contributed by atoms with E-state index in [1.54, 1.807) is 12.3 Å². The van der Waals surface area contributed by atoms with Gasteiger partial charge in [0, 0.05) is 18.4 Å². The zero-order valence-corrected chi connectivity index (χ0v) is 13.7. The second kappa shape index (κ2) is 8.44. The number of nitrogens with zero attached hydrogens (tertiary/aromatic N) is 1. The summed E-state index contributed by atoms with van der Waals surface area (Å²) in [6.07, 6.45) is 4.79. The van der Waals surface area contributed by atoms with Gasteiger partial charge in [-0.15, -0.1) is 0 Å². The van der Waals surface area contributed by atoms with Crippen molar-refractivity contribution in [3.63, 3.8) is 0 Å². The molecular weight excluding hydrogens is 294 g/mol. The first-order chi connectivity index (χ1) is 10.7. The Balaban J connectivity index is 1.89. The molecule has 5 heteroatoms. The van der Waals surface area contributed by atoms with Gasteiger partial charge in [0.05, 0.1) is 5.56 Å². The van der Waals surface area contributed by atoms with Crippen molar-refractivity contribution in [2.45, 2.75) is 13.3 Å². The Morgan fingerprint density at radius 1 is 1.18 bits per heavy atom. The predicted octanol–water partition coefficient (Wildman–Crippen LogP) is 3.81. The molecule has 2 rings (SSSR count). The molecule has 22 heavy (non-hydrogen) atoms. The molecule has 0 spiro atoms. The van der Waals surface area contributed by atoms with Gasteiger partial charge in [-0.2, -0.15) is 11.8 Å². The van der Waals surface area contributed by atoms with Gasteiger partial charge in [-0.1, -0.05) is 17.7 Å². The van der Waals surface area contributed by atoms with E-state index in [0.29, 0.717) is 5.56 Å². The standard InChI is InChI=1S/C17H21N3OS/c1-13-4-7-15(8-5-13)20-17(21)14-6-9-16(19-12-14)18-10-3-11-22-2/h4-9,12H,3,10-11H2,1-2H3,(H,18,19)(H,20,21). The number of anilines is 2. The van der Waals surface area contributed by atoms with Gasteiger partial charge in [0.2, 0.25) is 0 Å². The summed E-state index contributed by atoms with van der Waals surface area (Å²) >= 11 is 1.83. The van der Waals surface area contributed by atoms with Gasteiger partial charge in [-0.3, -0.25) is 4.79 Å². The van der Waals surface area contributed by atoms with E-state index in [1.807, 2.05) is 49.0 Å². The number of amides is 1. The van der Waals surface area contributed by atoms with Crippen LogP contribution in [0.3, 0.4) is 0 Å². The van der Waals surface area contributed by atoms with E-state index >= 15 is 0 Å². The first kappa shape index (κ1) is 16.4. The van der Waals surface area contributed by atoms with Crippen LogP contribution in [0, 0.1) is 6.92 Å². The van der Waals surface area contributed by atoms with Gasteiger partial charge >= 0.3 is 0 Å². The molecule has 2 N–H and O–H groups in total. The van der Waals surface area contributed by atoms with Crippen LogP contribution in [0.2, 0.25) is 0 Å². The SMILES string of the molecule is CSCCCNc1ccc(C(=O)Nc2ccc(C)cc2)cn1. The summed E-state index contributed by atoms with van der Waals surface area (Å²) in [5.41, 5.74) is 2.50. The third kappa shape index (κ3) is 5.07. The molecule has 1 amide bonds. The fourth-order valence-electron chi connectivity index (χ4n) is 1.91. The highest BCUT2D eigenvalue weighted by Crippen LogP contribution is 2.11. The maximum absolute atomic E-state index is 12.1. The number of pyridine rings is 1. The van der Waals surface area contributed by atoms with Crippen LogP contribution in [0.5, 0.6) is 0 Å². The molecule has 116 valence electrons. The summed E-state index contributed by atoms with van der Waals surface area (Å²) in [6.45, 7) is 2.91. The molecule has 0 unspecified atom stereocenters. The maximum Gasteiger partial charge on any atom is 0.257 e. The van der Waals surface area contributed by atoms with Gasteiger partial charge in [-0.05, 0) is 49.6 Å². The molecule has 2 aromatic rings. The van der Waals surface area contributed by atoms with Crippen LogP contribution in [0.4, 0.5) is 11.5 Å². The van der Waals surface area contributed by atoms with Crippen LogP contribution >= 0.6 is 11.8 Å². The lowest BCUT2D eigenvalue weighted by Crippen LogP contribution is -2.12. The number of nitrogens with one attached hydrogen (secondary N) is 2. The number of carbonyl (C=O) groups excluding carboxylic acids is 1. The Hall–Kier alpha value is -2.01. The Morgan fingerprint density at radius 2 is 1.95 bits per heavy atom. The topological polar surface area (TPSA) is 54.0 Å². The van der Waals surface area contributed by atoms with Crippen LogP contribution in [0.1, 0.15) is 22.3 Å². The number of rotatable bonds is 7. The van der Waals surface area contributed by atoms with E-state index in [-0.39, 0.29) is 5.91 Å². The van der Waals surface area contributed by atoms with Gasteiger partial charge < -0.3 is 10.6 Å². The molecule has 0 atom stereocenters. The zero-order chi connectivity index (χ0) is 15.8. The number of aromatic nitrogens is 1. The molecule has 0 aliphatic heterocycles. The van der Waals surface area contributed by atoms with Gasteiger partial charge in [0.25, 0.3) is 5.91 Å². The first-order valence-electron chi connectivity index (χ1n) is 7.26. The van der Waals surface area contributed by atoms with E-state index in [2.05, 4.69) is 21.9 Å². The highest BCUT2D eigenvalue weighted by Gasteiger charge is 2.06. The number of benzene rings is 1. The second-order valence-corrected chi connectivity index (χ2v) is 6.01. The van der Waals surface area contributed by atoms with E-state index in [9.17, 15) is 4.79 Å². The third-order valence-corrected chi connectivity index (χ3v) is 3.86. The van der Waals surface area contributed by atoms with Crippen LogP contribution in [-0.2, 0) is 0 Å². The average molecular weight is 315 g/mol.